The average molecular weight is 391 g/mol. The van der Waals surface area contributed by atoms with Gasteiger partial charge in [0, 0.05) is 23.3 Å². The largest absolute Gasteiger partial charge is 0.452 e. The molecule has 1 aromatic carbocycles. The van der Waals surface area contributed by atoms with Crippen LogP contribution in [0.25, 0.3) is 0 Å². The van der Waals surface area contributed by atoms with E-state index in [2.05, 4.69) is 19.2 Å². The number of esters is 1. The summed E-state index contributed by atoms with van der Waals surface area (Å²) >= 11 is 1.10. The summed E-state index contributed by atoms with van der Waals surface area (Å²) in [5.74, 6) is -0.570. The summed E-state index contributed by atoms with van der Waals surface area (Å²) in [5, 5.41) is 4.60. The molecule has 6 nitrogen and oxygen atoms in total. The van der Waals surface area contributed by atoms with Crippen LogP contribution in [0.15, 0.2) is 34.4 Å². The minimum Gasteiger partial charge on any atom is -0.452 e. The Hall–Kier alpha value is -2.41. The number of hydrogen-bond acceptors (Lipinski definition) is 5. The first-order valence-electron chi connectivity index (χ1n) is 9.07. The third-order valence-corrected chi connectivity index (χ3v) is 5.44. The summed E-state index contributed by atoms with van der Waals surface area (Å²) in [5.41, 5.74) is 2.60. The van der Waals surface area contributed by atoms with Crippen LogP contribution in [-0.2, 0) is 20.9 Å². The maximum Gasteiger partial charge on any atom is 0.308 e. The Morgan fingerprint density at radius 1 is 1.26 bits per heavy atom. The van der Waals surface area contributed by atoms with Gasteiger partial charge in [-0.3, -0.25) is 14.4 Å². The zero-order valence-corrected chi connectivity index (χ0v) is 17.0. The van der Waals surface area contributed by atoms with Crippen molar-refractivity contribution in [2.75, 3.05) is 5.32 Å². The summed E-state index contributed by atoms with van der Waals surface area (Å²) in [6, 6.07) is 7.63. The zero-order valence-electron chi connectivity index (χ0n) is 16.2. The molecule has 7 heteroatoms. The van der Waals surface area contributed by atoms with Gasteiger partial charge < -0.3 is 14.6 Å². The molecule has 2 rings (SSSR count). The summed E-state index contributed by atoms with van der Waals surface area (Å²) in [6.07, 6.45) is 0.0833. The van der Waals surface area contributed by atoms with Crippen LogP contribution in [0.2, 0.25) is 0 Å². The lowest BCUT2D eigenvalue weighted by molar-refractivity contribution is -0.153. The molecule has 0 aliphatic carbocycles. The summed E-state index contributed by atoms with van der Waals surface area (Å²) in [7, 11) is 0. The van der Waals surface area contributed by atoms with Crippen LogP contribution in [0, 0.1) is 6.92 Å². The summed E-state index contributed by atoms with van der Waals surface area (Å²) in [4.78, 5) is 36.0. The number of hydrogen-bond donors (Lipinski definition) is 1. The molecule has 1 N–H and O–H groups in total. The number of carbonyl (C=O) groups is 2. The Balaban J connectivity index is 1.92. The molecule has 1 heterocycles. The molecule has 1 amide bonds. The number of nitrogens with one attached hydrogen (secondary N) is 1. The lowest BCUT2D eigenvalue weighted by Crippen LogP contribution is -2.31. The highest BCUT2D eigenvalue weighted by molar-refractivity contribution is 7.07. The molecule has 0 saturated carbocycles. The monoisotopic (exact) mass is 390 g/mol. The molecule has 0 fully saturated rings. The third-order valence-electron chi connectivity index (χ3n) is 4.56. The molecule has 27 heavy (non-hydrogen) atoms. The Bertz CT molecular complexity index is 856. The molecule has 0 spiro atoms. The first-order valence-corrected chi connectivity index (χ1v) is 9.95. The van der Waals surface area contributed by atoms with Gasteiger partial charge in [-0.25, -0.2) is 0 Å². The fourth-order valence-corrected chi connectivity index (χ4v) is 3.44. The van der Waals surface area contributed by atoms with Crippen molar-refractivity contribution >= 4 is 28.9 Å². The summed E-state index contributed by atoms with van der Waals surface area (Å²) in [6.45, 7) is 7.80. The number of aromatic nitrogens is 1. The molecular formula is C20H26N2O4S. The highest BCUT2D eigenvalue weighted by Gasteiger charge is 2.20. The molecule has 2 unspecified atom stereocenters. The number of aryl methyl sites for hydroxylation is 1. The molecule has 0 aliphatic rings. The van der Waals surface area contributed by atoms with Gasteiger partial charge >= 0.3 is 10.8 Å². The average Bonchev–Trinajstić information content (AvgIpc) is 2.97. The number of amides is 1. The molecule has 0 saturated heterocycles. The molecule has 0 bridgehead atoms. The second-order valence-electron chi connectivity index (χ2n) is 6.56. The molecule has 1 aromatic heterocycles. The van der Waals surface area contributed by atoms with E-state index in [0.717, 1.165) is 34.7 Å². The number of carbonyl (C=O) groups excluding carboxylic acids is 2. The van der Waals surface area contributed by atoms with E-state index in [0.29, 0.717) is 5.92 Å². The number of rotatable bonds is 8. The van der Waals surface area contributed by atoms with Crippen molar-refractivity contribution < 1.29 is 14.3 Å². The van der Waals surface area contributed by atoms with Crippen LogP contribution in [0.4, 0.5) is 5.69 Å². The van der Waals surface area contributed by atoms with E-state index in [1.807, 2.05) is 31.2 Å². The van der Waals surface area contributed by atoms with Gasteiger partial charge in [-0.2, -0.15) is 0 Å². The van der Waals surface area contributed by atoms with Crippen molar-refractivity contribution in [1.29, 1.82) is 0 Å². The van der Waals surface area contributed by atoms with Gasteiger partial charge in [0.05, 0.1) is 6.42 Å². The Kier molecular flexibility index (Phi) is 7.36. The maximum absolute atomic E-state index is 12.4. The van der Waals surface area contributed by atoms with Crippen LogP contribution in [-0.4, -0.2) is 22.5 Å². The molecule has 2 aromatic rings. The van der Waals surface area contributed by atoms with Gasteiger partial charge in [0.25, 0.3) is 5.91 Å². The van der Waals surface area contributed by atoms with E-state index < -0.39 is 12.1 Å². The van der Waals surface area contributed by atoms with Crippen LogP contribution in [0.5, 0.6) is 0 Å². The van der Waals surface area contributed by atoms with Crippen LogP contribution >= 0.6 is 11.3 Å². The van der Waals surface area contributed by atoms with Crippen molar-refractivity contribution in [1.82, 2.24) is 4.57 Å². The second kappa shape index (κ2) is 9.50. The van der Waals surface area contributed by atoms with Crippen molar-refractivity contribution in [3.8, 4) is 0 Å². The lowest BCUT2D eigenvalue weighted by atomic mass is 9.97. The fourth-order valence-electron chi connectivity index (χ4n) is 2.68. The van der Waals surface area contributed by atoms with Gasteiger partial charge in [0.15, 0.2) is 6.10 Å². The number of anilines is 1. The number of para-hydroxylation sites is 1. The molecule has 146 valence electrons. The van der Waals surface area contributed by atoms with E-state index in [4.69, 9.17) is 4.74 Å². The van der Waals surface area contributed by atoms with Gasteiger partial charge in [-0.15, -0.1) is 0 Å². The first-order chi connectivity index (χ1) is 12.8. The van der Waals surface area contributed by atoms with Crippen molar-refractivity contribution in [3.63, 3.8) is 0 Å². The molecule has 0 radical (unpaired) electrons. The van der Waals surface area contributed by atoms with E-state index in [1.54, 1.807) is 12.3 Å². The van der Waals surface area contributed by atoms with E-state index >= 15 is 0 Å². The quantitative estimate of drug-likeness (QED) is 0.697. The van der Waals surface area contributed by atoms with Gasteiger partial charge in [0.2, 0.25) is 0 Å². The topological polar surface area (TPSA) is 77.4 Å². The second-order valence-corrected chi connectivity index (χ2v) is 7.38. The van der Waals surface area contributed by atoms with E-state index in [9.17, 15) is 14.4 Å². The zero-order chi connectivity index (χ0) is 20.0. The van der Waals surface area contributed by atoms with Gasteiger partial charge in [-0.1, -0.05) is 43.4 Å². The predicted molar refractivity (Wildman–Crippen MR) is 107 cm³/mol. The SMILES string of the molecule is CCC(C)c1ccccc1NC(=O)C(C)OC(=O)CCn1c(C)csc1=O. The van der Waals surface area contributed by atoms with Gasteiger partial charge in [-0.05, 0) is 37.8 Å². The highest BCUT2D eigenvalue weighted by Crippen LogP contribution is 2.26. The van der Waals surface area contributed by atoms with E-state index in [1.165, 1.54) is 4.57 Å². The Morgan fingerprint density at radius 3 is 2.59 bits per heavy atom. The van der Waals surface area contributed by atoms with Crippen LogP contribution in [0.3, 0.4) is 0 Å². The minimum atomic E-state index is -0.914. The summed E-state index contributed by atoms with van der Waals surface area (Å²) < 4.78 is 6.75. The van der Waals surface area contributed by atoms with E-state index in [-0.39, 0.29) is 23.7 Å². The maximum atomic E-state index is 12.4. The standard InChI is InChI=1S/C20H26N2O4S/c1-5-13(2)16-8-6-7-9-17(16)21-19(24)15(4)26-18(23)10-11-22-14(3)12-27-20(22)25/h6-9,12-13,15H,5,10-11H2,1-4H3,(H,21,24). The smallest absolute Gasteiger partial charge is 0.308 e. The molecule has 0 aliphatic heterocycles. The van der Waals surface area contributed by atoms with Crippen molar-refractivity contribution in [3.05, 3.63) is 50.6 Å². The number of nitrogens with zero attached hydrogens (tertiary/aromatic N) is 1. The van der Waals surface area contributed by atoms with Crippen molar-refractivity contribution in [2.24, 2.45) is 0 Å². The number of thiazole rings is 1. The highest BCUT2D eigenvalue weighted by atomic mass is 32.1. The number of ether oxygens (including phenoxy) is 1. The fraction of sp³-hybridized carbons (Fsp3) is 0.450. The third kappa shape index (κ3) is 5.53. The molecule has 2 atom stereocenters. The lowest BCUT2D eigenvalue weighted by Gasteiger charge is -2.18. The van der Waals surface area contributed by atoms with Crippen LogP contribution in [0.1, 0.15) is 50.8 Å². The van der Waals surface area contributed by atoms with Crippen LogP contribution < -0.4 is 10.2 Å². The first kappa shape index (κ1) is 20.9. The normalized spacial score (nSPS) is 13.0. The predicted octanol–water partition coefficient (Wildman–Crippen LogP) is 3.69. The number of benzene rings is 1. The van der Waals surface area contributed by atoms with Crippen molar-refractivity contribution in [2.45, 2.75) is 59.1 Å². The van der Waals surface area contributed by atoms with Gasteiger partial charge in [0.1, 0.15) is 0 Å². The minimum absolute atomic E-state index is 0.0402. The Labute approximate surface area is 163 Å². The Morgan fingerprint density at radius 2 is 1.96 bits per heavy atom. The molecular weight excluding hydrogens is 364 g/mol.